The van der Waals surface area contributed by atoms with Crippen LogP contribution in [0.5, 0.6) is 0 Å². The average molecular weight is 493 g/mol. The third-order valence-electron chi connectivity index (χ3n) is 6.51. The van der Waals surface area contributed by atoms with Crippen molar-refractivity contribution in [2.75, 3.05) is 29.0 Å². The highest BCUT2D eigenvalue weighted by atomic mass is 16.2. The first-order valence-electron chi connectivity index (χ1n) is 12.2. The van der Waals surface area contributed by atoms with Gasteiger partial charge in [0.05, 0.1) is 23.3 Å². The van der Waals surface area contributed by atoms with Gasteiger partial charge in [-0.15, -0.1) is 0 Å². The van der Waals surface area contributed by atoms with Gasteiger partial charge in [-0.3, -0.25) is 9.59 Å². The van der Waals surface area contributed by atoms with E-state index in [0.29, 0.717) is 22.5 Å². The number of nitrogens with one attached hydrogen (secondary N) is 1. The number of carbonyl (C=O) groups excluding carboxylic acids is 2. The van der Waals surface area contributed by atoms with E-state index >= 15 is 0 Å². The van der Waals surface area contributed by atoms with Crippen LogP contribution in [-0.4, -0.2) is 40.8 Å². The molecule has 1 aliphatic rings. The molecule has 0 unspecified atom stereocenters. The summed E-state index contributed by atoms with van der Waals surface area (Å²) in [7, 11) is 0. The van der Waals surface area contributed by atoms with Crippen molar-refractivity contribution in [3.8, 4) is 11.3 Å². The van der Waals surface area contributed by atoms with E-state index in [2.05, 4.69) is 20.2 Å². The lowest BCUT2D eigenvalue weighted by molar-refractivity contribution is 0.101. The summed E-state index contributed by atoms with van der Waals surface area (Å²) in [6.45, 7) is 1.50. The number of hydrogen-bond donors (Lipinski definition) is 3. The van der Waals surface area contributed by atoms with Crippen LogP contribution in [0.25, 0.3) is 11.3 Å². The first kappa shape index (κ1) is 24.1. The van der Waals surface area contributed by atoms with Crippen molar-refractivity contribution in [2.24, 2.45) is 5.73 Å². The molecule has 0 atom stereocenters. The molecular formula is C29H28N6O2. The van der Waals surface area contributed by atoms with E-state index in [9.17, 15) is 9.59 Å². The van der Waals surface area contributed by atoms with Crippen LogP contribution in [0.3, 0.4) is 0 Å². The lowest BCUT2D eigenvalue weighted by atomic mass is 10.0. The molecule has 37 heavy (non-hydrogen) atoms. The first-order chi connectivity index (χ1) is 18.0. The van der Waals surface area contributed by atoms with Crippen molar-refractivity contribution in [1.82, 2.24) is 9.97 Å². The largest absolute Gasteiger partial charge is 0.382 e. The summed E-state index contributed by atoms with van der Waals surface area (Å²) in [6, 6.07) is 24.0. The van der Waals surface area contributed by atoms with Crippen molar-refractivity contribution in [3.63, 3.8) is 0 Å². The number of nitrogens with two attached hydrogens (primary N) is 2. The van der Waals surface area contributed by atoms with Gasteiger partial charge in [0.1, 0.15) is 0 Å². The molecule has 5 N–H and O–H groups in total. The van der Waals surface area contributed by atoms with E-state index in [1.807, 2.05) is 54.6 Å². The van der Waals surface area contributed by atoms with Crippen LogP contribution in [-0.2, 0) is 0 Å². The highest BCUT2D eigenvalue weighted by Gasteiger charge is 2.23. The van der Waals surface area contributed by atoms with Crippen LogP contribution in [0.2, 0.25) is 0 Å². The van der Waals surface area contributed by atoms with Gasteiger partial charge in [0.25, 0.3) is 5.91 Å². The van der Waals surface area contributed by atoms with Crippen molar-refractivity contribution >= 4 is 28.9 Å². The van der Waals surface area contributed by atoms with Crippen LogP contribution >= 0.6 is 0 Å². The molecule has 0 aliphatic carbocycles. The predicted octanol–water partition coefficient (Wildman–Crippen LogP) is 4.14. The molecule has 1 aliphatic heterocycles. The summed E-state index contributed by atoms with van der Waals surface area (Å²) in [5.74, 6) is -0.602. The molecule has 1 aromatic heterocycles. The number of benzene rings is 3. The second-order valence-electron chi connectivity index (χ2n) is 9.06. The molecule has 5 rings (SSSR count). The van der Waals surface area contributed by atoms with Crippen molar-refractivity contribution in [2.45, 2.75) is 18.9 Å². The van der Waals surface area contributed by atoms with Gasteiger partial charge in [0.2, 0.25) is 0 Å². The van der Waals surface area contributed by atoms with Gasteiger partial charge in [-0.2, -0.15) is 0 Å². The lowest BCUT2D eigenvalue weighted by Crippen LogP contribution is -2.40. The molecule has 1 saturated heterocycles. The summed E-state index contributed by atoms with van der Waals surface area (Å²) < 4.78 is 0. The number of nitrogens with zero attached hydrogens (tertiary/aromatic N) is 3. The molecule has 0 spiro atoms. The van der Waals surface area contributed by atoms with Gasteiger partial charge in [-0.1, -0.05) is 60.7 Å². The summed E-state index contributed by atoms with van der Waals surface area (Å²) in [6.07, 6.45) is 3.23. The Morgan fingerprint density at radius 1 is 0.892 bits per heavy atom. The molecule has 0 saturated carbocycles. The predicted molar refractivity (Wildman–Crippen MR) is 146 cm³/mol. The number of piperidine rings is 1. The number of ketones is 1. The van der Waals surface area contributed by atoms with E-state index < -0.39 is 5.91 Å². The van der Waals surface area contributed by atoms with Gasteiger partial charge in [-0.25, -0.2) is 9.97 Å². The van der Waals surface area contributed by atoms with Crippen LogP contribution in [0.15, 0.2) is 85.1 Å². The molecule has 0 bridgehead atoms. The average Bonchev–Trinajstić information content (AvgIpc) is 2.94. The molecule has 8 nitrogen and oxygen atoms in total. The lowest BCUT2D eigenvalue weighted by Gasteiger charge is -2.33. The fourth-order valence-electron chi connectivity index (χ4n) is 4.44. The Morgan fingerprint density at radius 2 is 1.57 bits per heavy atom. The van der Waals surface area contributed by atoms with Gasteiger partial charge >= 0.3 is 0 Å². The van der Waals surface area contributed by atoms with Crippen LogP contribution in [0.4, 0.5) is 17.2 Å². The zero-order chi connectivity index (χ0) is 25.8. The maximum absolute atomic E-state index is 13.4. The van der Waals surface area contributed by atoms with Gasteiger partial charge in [0, 0.05) is 35.8 Å². The first-order valence-corrected chi connectivity index (χ1v) is 12.2. The van der Waals surface area contributed by atoms with E-state index in [1.165, 1.54) is 0 Å². The van der Waals surface area contributed by atoms with Crippen molar-refractivity contribution in [3.05, 3.63) is 102 Å². The monoisotopic (exact) mass is 492 g/mol. The minimum Gasteiger partial charge on any atom is -0.382 e. The molecule has 1 fully saturated rings. The molecule has 3 aromatic carbocycles. The summed E-state index contributed by atoms with van der Waals surface area (Å²) >= 11 is 0. The molecule has 8 heteroatoms. The third kappa shape index (κ3) is 5.34. The quantitative estimate of drug-likeness (QED) is 0.345. The molecule has 2 heterocycles. The molecule has 1 amide bonds. The number of carbonyl (C=O) groups is 2. The van der Waals surface area contributed by atoms with Gasteiger partial charge in [-0.05, 0) is 31.0 Å². The molecule has 4 aromatic rings. The SMILES string of the molecule is Nc1ncc(-c2ccccc2)nc1C(=O)Nc1cc(C(=O)c2ccccc2)ccc1N1CCC(N)CC1. The number of rotatable bonds is 6. The minimum absolute atomic E-state index is 0.0211. The zero-order valence-corrected chi connectivity index (χ0v) is 20.3. The Morgan fingerprint density at radius 3 is 2.27 bits per heavy atom. The van der Waals surface area contributed by atoms with Crippen LogP contribution < -0.4 is 21.7 Å². The Hall–Kier alpha value is -4.56. The molecule has 0 radical (unpaired) electrons. The Bertz CT molecular complexity index is 1420. The Kier molecular flexibility index (Phi) is 6.91. The number of aromatic nitrogens is 2. The van der Waals surface area contributed by atoms with Crippen molar-refractivity contribution in [1.29, 1.82) is 0 Å². The fraction of sp³-hybridized carbons (Fsp3) is 0.172. The topological polar surface area (TPSA) is 127 Å². The zero-order valence-electron chi connectivity index (χ0n) is 20.3. The van der Waals surface area contributed by atoms with Gasteiger partial charge in [0.15, 0.2) is 17.3 Å². The van der Waals surface area contributed by atoms with E-state index in [1.54, 1.807) is 30.5 Å². The van der Waals surface area contributed by atoms with E-state index in [-0.39, 0.29) is 23.3 Å². The maximum Gasteiger partial charge on any atom is 0.278 e. The third-order valence-corrected chi connectivity index (χ3v) is 6.51. The van der Waals surface area contributed by atoms with Crippen LogP contribution in [0, 0.1) is 0 Å². The second-order valence-corrected chi connectivity index (χ2v) is 9.06. The molecule has 186 valence electrons. The standard InChI is InChI=1S/C29H28N6O2/c30-22-13-15-35(16-14-22)25-12-11-21(27(36)20-9-5-2-6-10-20)17-23(25)34-29(37)26-28(31)32-18-24(33-26)19-7-3-1-4-8-19/h1-12,17-18,22H,13-16,30H2,(H2,31,32)(H,34,37). The Labute approximate surface area is 215 Å². The fourth-order valence-corrected chi connectivity index (χ4v) is 4.44. The Balaban J connectivity index is 1.50. The number of amides is 1. The second kappa shape index (κ2) is 10.6. The van der Waals surface area contributed by atoms with Crippen LogP contribution in [0.1, 0.15) is 39.3 Å². The minimum atomic E-state index is -0.498. The highest BCUT2D eigenvalue weighted by molar-refractivity contribution is 6.12. The maximum atomic E-state index is 13.4. The highest BCUT2D eigenvalue weighted by Crippen LogP contribution is 2.31. The number of nitrogen functional groups attached to an aromatic ring is 1. The number of hydrogen-bond acceptors (Lipinski definition) is 7. The summed E-state index contributed by atoms with van der Waals surface area (Å²) in [5, 5.41) is 2.96. The van der Waals surface area contributed by atoms with E-state index in [0.717, 1.165) is 37.2 Å². The summed E-state index contributed by atoms with van der Waals surface area (Å²) in [4.78, 5) is 37.5. The number of anilines is 3. The van der Waals surface area contributed by atoms with Gasteiger partial charge < -0.3 is 21.7 Å². The smallest absolute Gasteiger partial charge is 0.278 e. The molecular weight excluding hydrogens is 464 g/mol. The van der Waals surface area contributed by atoms with E-state index in [4.69, 9.17) is 11.5 Å². The van der Waals surface area contributed by atoms with Crippen molar-refractivity contribution < 1.29 is 9.59 Å². The normalized spacial score (nSPS) is 13.8. The summed E-state index contributed by atoms with van der Waals surface area (Å²) in [5.41, 5.74) is 15.9.